The van der Waals surface area contributed by atoms with Crippen LogP contribution in [0.4, 0.5) is 4.79 Å². The highest BCUT2D eigenvalue weighted by molar-refractivity contribution is 6.42. The van der Waals surface area contributed by atoms with Crippen LogP contribution in [0.2, 0.25) is 15.1 Å². The number of benzene rings is 3. The lowest BCUT2D eigenvalue weighted by Crippen LogP contribution is -2.30. The number of rotatable bonds is 7. The van der Waals surface area contributed by atoms with E-state index in [4.69, 9.17) is 44.3 Å². The monoisotopic (exact) mass is 530 g/mol. The van der Waals surface area contributed by atoms with Gasteiger partial charge >= 0.3 is 6.03 Å². The van der Waals surface area contributed by atoms with Gasteiger partial charge in [-0.05, 0) is 54.0 Å². The number of nitrogens with zero attached hydrogens (tertiary/aromatic N) is 1. The first-order valence-electron chi connectivity index (χ1n) is 10.6. The lowest BCUT2D eigenvalue weighted by Gasteiger charge is -2.14. The van der Waals surface area contributed by atoms with Crippen LogP contribution in [-0.2, 0) is 17.9 Å². The number of ether oxygens (including phenoxy) is 2. The topological polar surface area (TPSA) is 67.9 Å². The lowest BCUT2D eigenvalue weighted by atomic mass is 10.1. The van der Waals surface area contributed by atoms with E-state index in [0.717, 1.165) is 21.6 Å². The molecule has 1 aliphatic rings. The maximum Gasteiger partial charge on any atom is 0.329 e. The minimum atomic E-state index is -0.485. The van der Waals surface area contributed by atoms with Crippen molar-refractivity contribution in [1.29, 1.82) is 0 Å². The largest absolute Gasteiger partial charge is 0.493 e. The summed E-state index contributed by atoms with van der Waals surface area (Å²) in [6.07, 6.45) is 1.55. The Morgan fingerprint density at radius 2 is 1.63 bits per heavy atom. The molecular weight excluding hydrogens is 511 g/mol. The van der Waals surface area contributed by atoms with Crippen molar-refractivity contribution >= 4 is 52.8 Å². The Morgan fingerprint density at radius 1 is 0.914 bits per heavy atom. The predicted molar refractivity (Wildman–Crippen MR) is 137 cm³/mol. The maximum atomic E-state index is 12.9. The summed E-state index contributed by atoms with van der Waals surface area (Å²) in [6, 6.07) is 15.7. The number of aryl methyl sites for hydroxylation is 1. The number of nitrogens with one attached hydrogen (secondary N) is 1. The quantitative estimate of drug-likeness (QED) is 0.274. The Morgan fingerprint density at radius 3 is 2.31 bits per heavy atom. The van der Waals surface area contributed by atoms with E-state index in [1.165, 1.54) is 7.11 Å². The number of hydrogen-bond donors (Lipinski definition) is 1. The number of hydrogen-bond acceptors (Lipinski definition) is 4. The van der Waals surface area contributed by atoms with E-state index < -0.39 is 11.9 Å². The Hall–Kier alpha value is -3.19. The van der Waals surface area contributed by atoms with E-state index >= 15 is 0 Å². The van der Waals surface area contributed by atoms with E-state index in [2.05, 4.69) is 5.32 Å². The fraction of sp³-hybridized carbons (Fsp3) is 0.154. The highest BCUT2D eigenvalue weighted by Crippen LogP contribution is 2.38. The van der Waals surface area contributed by atoms with Crippen molar-refractivity contribution in [2.45, 2.75) is 20.1 Å². The number of amides is 3. The number of methoxy groups -OCH3 is 1. The van der Waals surface area contributed by atoms with Gasteiger partial charge in [0.2, 0.25) is 0 Å². The van der Waals surface area contributed by atoms with Gasteiger partial charge < -0.3 is 14.8 Å². The van der Waals surface area contributed by atoms with Gasteiger partial charge in [-0.2, -0.15) is 0 Å². The first kappa shape index (κ1) is 24.9. The zero-order chi connectivity index (χ0) is 25.1. The summed E-state index contributed by atoms with van der Waals surface area (Å²) in [7, 11) is 1.49. The number of imide groups is 1. The van der Waals surface area contributed by atoms with Crippen molar-refractivity contribution in [3.63, 3.8) is 0 Å². The molecule has 0 aromatic heterocycles. The van der Waals surface area contributed by atoms with Crippen LogP contribution in [0.3, 0.4) is 0 Å². The summed E-state index contributed by atoms with van der Waals surface area (Å²) in [5, 5.41) is 3.78. The third-order valence-corrected chi connectivity index (χ3v) is 6.37. The molecule has 0 aliphatic carbocycles. The van der Waals surface area contributed by atoms with Gasteiger partial charge in [-0.1, -0.05) is 70.7 Å². The molecule has 3 aromatic carbocycles. The summed E-state index contributed by atoms with van der Waals surface area (Å²) in [5.41, 5.74) is 3.46. The van der Waals surface area contributed by atoms with Gasteiger partial charge in [0.15, 0.2) is 11.5 Å². The van der Waals surface area contributed by atoms with Gasteiger partial charge in [-0.15, -0.1) is 0 Å². The van der Waals surface area contributed by atoms with Crippen molar-refractivity contribution < 1.29 is 19.1 Å². The van der Waals surface area contributed by atoms with Crippen molar-refractivity contribution in [2.75, 3.05) is 7.11 Å². The van der Waals surface area contributed by atoms with Crippen LogP contribution in [0.15, 0.2) is 60.3 Å². The molecule has 180 valence electrons. The van der Waals surface area contributed by atoms with E-state index in [1.54, 1.807) is 36.4 Å². The molecule has 1 heterocycles. The van der Waals surface area contributed by atoms with Crippen molar-refractivity contribution in [2.24, 2.45) is 0 Å². The summed E-state index contributed by atoms with van der Waals surface area (Å²) < 4.78 is 11.3. The molecule has 1 aliphatic heterocycles. The molecule has 4 rings (SSSR count). The fourth-order valence-corrected chi connectivity index (χ4v) is 4.10. The van der Waals surface area contributed by atoms with Crippen LogP contribution in [0.5, 0.6) is 11.5 Å². The number of halogens is 3. The SMILES string of the molecule is COc1cc(/C=C2/NC(=O)N(Cc3ccc(C)cc3)C2=O)cc(Cl)c1OCc1ccc(Cl)c(Cl)c1. The Balaban J connectivity index is 1.52. The van der Waals surface area contributed by atoms with Crippen LogP contribution in [0, 0.1) is 6.92 Å². The zero-order valence-corrected chi connectivity index (χ0v) is 21.2. The first-order chi connectivity index (χ1) is 16.7. The molecule has 0 spiro atoms. The van der Waals surface area contributed by atoms with E-state index in [0.29, 0.717) is 27.1 Å². The second kappa shape index (κ2) is 10.6. The van der Waals surface area contributed by atoms with Gasteiger partial charge in [0, 0.05) is 0 Å². The molecule has 3 aromatic rings. The molecule has 0 atom stereocenters. The maximum absolute atomic E-state index is 12.9. The van der Waals surface area contributed by atoms with Gasteiger partial charge in [0.25, 0.3) is 5.91 Å². The second-order valence-electron chi connectivity index (χ2n) is 7.94. The van der Waals surface area contributed by atoms with Crippen LogP contribution in [-0.4, -0.2) is 23.9 Å². The molecule has 1 fully saturated rings. The van der Waals surface area contributed by atoms with Crippen LogP contribution in [0.1, 0.15) is 22.3 Å². The zero-order valence-electron chi connectivity index (χ0n) is 18.9. The number of carbonyl (C=O) groups excluding carboxylic acids is 2. The standard InChI is InChI=1S/C26H21Cl3N2O4/c1-15-3-5-16(6-4-15)13-31-25(32)22(30-26(31)33)11-18-10-21(29)24(23(12-18)34-2)35-14-17-7-8-19(27)20(28)9-17/h3-12H,13-14H2,1-2H3,(H,30,33)/b22-11+. The van der Waals surface area contributed by atoms with E-state index in [9.17, 15) is 9.59 Å². The predicted octanol–water partition coefficient (Wildman–Crippen LogP) is 6.64. The second-order valence-corrected chi connectivity index (χ2v) is 9.16. The minimum Gasteiger partial charge on any atom is -0.493 e. The van der Waals surface area contributed by atoms with Crippen LogP contribution < -0.4 is 14.8 Å². The molecule has 1 N–H and O–H groups in total. The van der Waals surface area contributed by atoms with Crippen molar-refractivity contribution in [3.8, 4) is 11.5 Å². The highest BCUT2D eigenvalue weighted by Gasteiger charge is 2.33. The summed E-state index contributed by atoms with van der Waals surface area (Å²) in [6.45, 7) is 2.34. The minimum absolute atomic E-state index is 0.143. The molecular formula is C26H21Cl3N2O4. The summed E-state index contributed by atoms with van der Waals surface area (Å²) in [5.74, 6) is 0.286. The lowest BCUT2D eigenvalue weighted by molar-refractivity contribution is -0.123. The molecule has 1 saturated heterocycles. The van der Waals surface area contributed by atoms with Gasteiger partial charge in [0.1, 0.15) is 12.3 Å². The molecule has 0 bridgehead atoms. The van der Waals surface area contributed by atoms with Crippen molar-refractivity contribution in [3.05, 3.63) is 97.6 Å². The molecule has 0 unspecified atom stereocenters. The van der Waals surface area contributed by atoms with Gasteiger partial charge in [0.05, 0.1) is 28.7 Å². The van der Waals surface area contributed by atoms with Gasteiger partial charge in [-0.3, -0.25) is 9.69 Å². The molecule has 3 amide bonds. The normalized spacial score (nSPS) is 14.4. The van der Waals surface area contributed by atoms with Crippen LogP contribution >= 0.6 is 34.8 Å². The molecule has 6 nitrogen and oxygen atoms in total. The van der Waals surface area contributed by atoms with E-state index in [-0.39, 0.29) is 23.9 Å². The third-order valence-electron chi connectivity index (χ3n) is 5.35. The Labute approximate surface area is 218 Å². The summed E-state index contributed by atoms with van der Waals surface area (Å²) >= 11 is 18.5. The Kier molecular flexibility index (Phi) is 7.55. The summed E-state index contributed by atoms with van der Waals surface area (Å²) in [4.78, 5) is 26.5. The Bertz CT molecular complexity index is 1320. The average molecular weight is 532 g/mol. The van der Waals surface area contributed by atoms with E-state index in [1.807, 2.05) is 31.2 Å². The highest BCUT2D eigenvalue weighted by atomic mass is 35.5. The average Bonchev–Trinajstić information content (AvgIpc) is 3.08. The van der Waals surface area contributed by atoms with Gasteiger partial charge in [-0.25, -0.2) is 4.79 Å². The smallest absolute Gasteiger partial charge is 0.329 e. The molecule has 0 saturated carbocycles. The molecule has 0 radical (unpaired) electrons. The van der Waals surface area contributed by atoms with Crippen LogP contribution in [0.25, 0.3) is 6.08 Å². The fourth-order valence-electron chi connectivity index (χ4n) is 3.51. The molecule has 35 heavy (non-hydrogen) atoms. The number of carbonyl (C=O) groups is 2. The van der Waals surface area contributed by atoms with Crippen molar-refractivity contribution in [1.82, 2.24) is 10.2 Å². The molecule has 9 heteroatoms. The third kappa shape index (κ3) is 5.73. The number of urea groups is 1. The first-order valence-corrected chi connectivity index (χ1v) is 11.7.